The maximum absolute atomic E-state index is 12.8. The number of rotatable bonds is 4. The van der Waals surface area contributed by atoms with Gasteiger partial charge >= 0.3 is 0 Å². The van der Waals surface area contributed by atoms with Crippen molar-refractivity contribution >= 4 is 30.7 Å². The molecule has 4 atom stereocenters. The first kappa shape index (κ1) is 22.2. The van der Waals surface area contributed by atoms with Crippen LogP contribution in [0.5, 0.6) is 5.75 Å². The molecule has 0 spiro atoms. The molecule has 3 heterocycles. The number of nitrogens with one attached hydrogen (secondary N) is 2. The summed E-state index contributed by atoms with van der Waals surface area (Å²) in [5.74, 6) is 0.967. The number of halogens is 2. The zero-order valence-electron chi connectivity index (χ0n) is 15.6. The molecule has 27 heavy (non-hydrogen) atoms. The fraction of sp³-hybridized carbons (Fsp3) is 0.632. The normalized spacial score (nSPS) is 29.4. The minimum atomic E-state index is -0.161. The number of para-hydroxylation sites is 1. The predicted molar refractivity (Wildman–Crippen MR) is 109 cm³/mol. The van der Waals surface area contributed by atoms with E-state index in [1.165, 1.54) is 0 Å². The number of ether oxygens (including phenoxy) is 2. The van der Waals surface area contributed by atoms with Crippen molar-refractivity contribution in [2.75, 3.05) is 32.8 Å². The van der Waals surface area contributed by atoms with Crippen LogP contribution in [0.1, 0.15) is 31.4 Å². The van der Waals surface area contributed by atoms with Crippen molar-refractivity contribution in [3.05, 3.63) is 29.8 Å². The summed E-state index contributed by atoms with van der Waals surface area (Å²) in [5.41, 5.74) is 1.08. The predicted octanol–water partition coefficient (Wildman–Crippen LogP) is 1.92. The van der Waals surface area contributed by atoms with Gasteiger partial charge in [0.2, 0.25) is 5.91 Å². The van der Waals surface area contributed by atoms with Crippen molar-refractivity contribution in [3.8, 4) is 5.75 Å². The highest BCUT2D eigenvalue weighted by Gasteiger charge is 2.39. The number of carbonyl (C=O) groups is 1. The molecule has 0 saturated carbocycles. The minimum Gasteiger partial charge on any atom is -0.493 e. The van der Waals surface area contributed by atoms with Gasteiger partial charge in [0.05, 0.1) is 24.8 Å². The molecule has 152 valence electrons. The second-order valence-corrected chi connectivity index (χ2v) is 7.12. The topological polar surface area (TPSA) is 62.8 Å². The van der Waals surface area contributed by atoms with Crippen molar-refractivity contribution in [2.24, 2.45) is 0 Å². The lowest BCUT2D eigenvalue weighted by Crippen LogP contribution is -2.59. The zero-order valence-corrected chi connectivity index (χ0v) is 17.2. The van der Waals surface area contributed by atoms with E-state index in [9.17, 15) is 4.79 Å². The lowest BCUT2D eigenvalue weighted by Gasteiger charge is -2.36. The van der Waals surface area contributed by atoms with Crippen LogP contribution in [0.2, 0.25) is 0 Å². The third kappa shape index (κ3) is 4.87. The Balaban J connectivity index is 0.00000131. The van der Waals surface area contributed by atoms with Crippen molar-refractivity contribution in [1.82, 2.24) is 15.5 Å². The minimum absolute atomic E-state index is 0. The Hall–Kier alpha value is -1.05. The van der Waals surface area contributed by atoms with E-state index in [0.29, 0.717) is 18.8 Å². The van der Waals surface area contributed by atoms with Crippen LogP contribution in [-0.2, 0) is 9.53 Å². The highest BCUT2D eigenvalue weighted by atomic mass is 35.5. The van der Waals surface area contributed by atoms with Crippen molar-refractivity contribution < 1.29 is 14.3 Å². The van der Waals surface area contributed by atoms with E-state index in [4.69, 9.17) is 9.47 Å². The maximum Gasteiger partial charge on any atom is 0.238 e. The molecule has 2 fully saturated rings. The number of hydrogen-bond acceptors (Lipinski definition) is 5. The third-order valence-corrected chi connectivity index (χ3v) is 5.50. The van der Waals surface area contributed by atoms with E-state index in [-0.39, 0.29) is 42.8 Å². The molecule has 6 nitrogen and oxygen atoms in total. The Morgan fingerprint density at radius 2 is 2.15 bits per heavy atom. The van der Waals surface area contributed by atoms with Gasteiger partial charge in [-0.3, -0.25) is 9.69 Å². The molecular weight excluding hydrogens is 389 g/mol. The van der Waals surface area contributed by atoms with Crippen molar-refractivity contribution in [3.63, 3.8) is 0 Å². The third-order valence-electron chi connectivity index (χ3n) is 5.50. The molecule has 2 unspecified atom stereocenters. The summed E-state index contributed by atoms with van der Waals surface area (Å²) >= 11 is 0. The summed E-state index contributed by atoms with van der Waals surface area (Å²) in [5, 5.41) is 6.65. The fourth-order valence-corrected chi connectivity index (χ4v) is 4.25. The molecule has 3 aliphatic heterocycles. The van der Waals surface area contributed by atoms with Gasteiger partial charge in [-0.05, 0) is 19.4 Å². The zero-order chi connectivity index (χ0) is 17.2. The van der Waals surface area contributed by atoms with Gasteiger partial charge in [-0.1, -0.05) is 18.2 Å². The molecule has 2 N–H and O–H groups in total. The number of carbonyl (C=O) groups excluding carboxylic acids is 1. The summed E-state index contributed by atoms with van der Waals surface area (Å²) in [6.07, 6.45) is 2.18. The molecule has 0 aromatic heterocycles. The Morgan fingerprint density at radius 1 is 1.33 bits per heavy atom. The van der Waals surface area contributed by atoms with Gasteiger partial charge < -0.3 is 20.1 Å². The number of fused-ring (bicyclic) bond motifs is 2. The van der Waals surface area contributed by atoms with Crippen LogP contribution in [-0.4, -0.2) is 61.8 Å². The average Bonchev–Trinajstić information content (AvgIpc) is 3.04. The van der Waals surface area contributed by atoms with Crippen LogP contribution in [0.3, 0.4) is 0 Å². The summed E-state index contributed by atoms with van der Waals surface area (Å²) in [4.78, 5) is 15.2. The van der Waals surface area contributed by atoms with Crippen LogP contribution >= 0.6 is 24.8 Å². The second kappa shape index (κ2) is 9.94. The molecular formula is C19H29Cl2N3O3. The summed E-state index contributed by atoms with van der Waals surface area (Å²) in [6.45, 7) is 5.98. The van der Waals surface area contributed by atoms with Gasteiger partial charge in [-0.2, -0.15) is 0 Å². The van der Waals surface area contributed by atoms with E-state index >= 15 is 0 Å². The Labute approximate surface area is 173 Å². The maximum atomic E-state index is 12.8. The molecule has 1 aromatic carbocycles. The smallest absolute Gasteiger partial charge is 0.238 e. The summed E-state index contributed by atoms with van der Waals surface area (Å²) in [6, 6.07) is 8.33. The summed E-state index contributed by atoms with van der Waals surface area (Å²) in [7, 11) is 0. The quantitative estimate of drug-likeness (QED) is 0.783. The van der Waals surface area contributed by atoms with E-state index in [1.807, 2.05) is 31.2 Å². The fourth-order valence-electron chi connectivity index (χ4n) is 4.25. The highest BCUT2D eigenvalue weighted by molar-refractivity contribution is 5.85. The van der Waals surface area contributed by atoms with Gasteiger partial charge in [0.25, 0.3) is 0 Å². The lowest BCUT2D eigenvalue weighted by atomic mass is 10.00. The Bertz CT molecular complexity index is 634. The largest absolute Gasteiger partial charge is 0.493 e. The van der Waals surface area contributed by atoms with Gasteiger partial charge in [-0.25, -0.2) is 0 Å². The summed E-state index contributed by atoms with van der Waals surface area (Å²) < 4.78 is 11.5. The standard InChI is InChI=1S/C19H27N3O3.2ClH/c1-2-24-14-9-13-10-20-17(12-22(13)11-14)19(23)21-16-7-8-25-18-6-4-3-5-15(16)18;;/h3-6,13-14,16-17,20H,2,7-12H2,1H3,(H,21,23);2*1H/t13-,14?,16-,17?;;/m1../s1. The number of hydrogen-bond donors (Lipinski definition) is 2. The first-order valence-electron chi connectivity index (χ1n) is 9.35. The van der Waals surface area contributed by atoms with Gasteiger partial charge in [-0.15, -0.1) is 24.8 Å². The number of nitrogens with zero attached hydrogens (tertiary/aromatic N) is 1. The van der Waals surface area contributed by atoms with E-state index < -0.39 is 0 Å². The highest BCUT2D eigenvalue weighted by Crippen LogP contribution is 2.31. The van der Waals surface area contributed by atoms with Crippen LogP contribution in [0.15, 0.2) is 24.3 Å². The number of benzene rings is 1. The molecule has 2 saturated heterocycles. The number of amides is 1. The molecule has 1 amide bonds. The van der Waals surface area contributed by atoms with Crippen LogP contribution in [0, 0.1) is 0 Å². The monoisotopic (exact) mass is 417 g/mol. The van der Waals surface area contributed by atoms with Gasteiger partial charge in [0, 0.05) is 44.3 Å². The average molecular weight is 418 g/mol. The molecule has 1 aromatic rings. The molecule has 0 radical (unpaired) electrons. The molecule has 0 aliphatic carbocycles. The Kier molecular flexibility index (Phi) is 8.19. The van der Waals surface area contributed by atoms with Crippen molar-refractivity contribution in [2.45, 2.75) is 44.0 Å². The van der Waals surface area contributed by atoms with Crippen LogP contribution in [0.4, 0.5) is 0 Å². The van der Waals surface area contributed by atoms with Crippen LogP contribution < -0.4 is 15.4 Å². The molecule has 0 bridgehead atoms. The van der Waals surface area contributed by atoms with Crippen LogP contribution in [0.25, 0.3) is 0 Å². The lowest BCUT2D eigenvalue weighted by molar-refractivity contribution is -0.125. The SMILES string of the molecule is CCOC1C[C@@H]2CNC(C(=O)N[C@@H]3CCOc4ccccc43)CN2C1.Cl.Cl. The van der Waals surface area contributed by atoms with E-state index in [2.05, 4.69) is 15.5 Å². The number of piperazine rings is 1. The molecule has 4 rings (SSSR count). The Morgan fingerprint density at radius 3 is 2.96 bits per heavy atom. The van der Waals surface area contributed by atoms with Crippen molar-refractivity contribution in [1.29, 1.82) is 0 Å². The molecule has 3 aliphatic rings. The van der Waals surface area contributed by atoms with E-state index in [0.717, 1.165) is 50.4 Å². The van der Waals surface area contributed by atoms with Gasteiger partial charge in [0.1, 0.15) is 5.75 Å². The first-order valence-corrected chi connectivity index (χ1v) is 9.35. The second-order valence-electron chi connectivity index (χ2n) is 7.12. The first-order chi connectivity index (χ1) is 12.2. The van der Waals surface area contributed by atoms with E-state index in [1.54, 1.807) is 0 Å². The molecule has 8 heteroatoms. The van der Waals surface area contributed by atoms with Gasteiger partial charge in [0.15, 0.2) is 0 Å².